The van der Waals surface area contributed by atoms with Crippen molar-refractivity contribution in [3.05, 3.63) is 125 Å². The number of carbonyl (C=O) groups excluding carboxylic acids is 1. The van der Waals surface area contributed by atoms with Crippen molar-refractivity contribution in [3.8, 4) is 0 Å². The summed E-state index contributed by atoms with van der Waals surface area (Å²) < 4.78 is 55.0. The van der Waals surface area contributed by atoms with Crippen LogP contribution in [0.3, 0.4) is 0 Å². The van der Waals surface area contributed by atoms with Gasteiger partial charge in [-0.15, -0.1) is 0 Å². The highest BCUT2D eigenvalue weighted by molar-refractivity contribution is 7.91. The summed E-state index contributed by atoms with van der Waals surface area (Å²) in [6.07, 6.45) is 1.52. The maximum absolute atomic E-state index is 14.3. The van der Waals surface area contributed by atoms with Crippen LogP contribution in [-0.2, 0) is 41.8 Å². The first kappa shape index (κ1) is 41.1. The van der Waals surface area contributed by atoms with E-state index in [4.69, 9.17) is 18.9 Å². The minimum atomic E-state index is -3.75. The number of anilines is 2. The topological polar surface area (TPSA) is 136 Å². The number of carbonyl (C=O) groups is 1. The van der Waals surface area contributed by atoms with Gasteiger partial charge in [0.1, 0.15) is 17.3 Å². The van der Waals surface area contributed by atoms with Crippen LogP contribution >= 0.6 is 0 Å². The van der Waals surface area contributed by atoms with E-state index in [1.54, 1.807) is 6.07 Å². The molecule has 0 aromatic heterocycles. The molecule has 11 atom stereocenters. The predicted molar refractivity (Wildman–Crippen MR) is 229 cm³/mol. The Morgan fingerprint density at radius 1 is 0.917 bits per heavy atom. The summed E-state index contributed by atoms with van der Waals surface area (Å²) in [5.41, 5.74) is 2.36. The zero-order chi connectivity index (χ0) is 42.0. The van der Waals surface area contributed by atoms with Crippen LogP contribution in [0.25, 0.3) is 0 Å². The second-order valence-electron chi connectivity index (χ2n) is 17.9. The molecule has 12 heteroatoms. The Morgan fingerprint density at radius 3 is 2.33 bits per heavy atom. The summed E-state index contributed by atoms with van der Waals surface area (Å²) in [6, 6.07) is 32.3. The molecule has 3 aliphatic heterocycles. The molecule has 1 spiro atoms. The fourth-order valence-corrected chi connectivity index (χ4v) is 13.7. The fraction of sp³-hybridized carbons (Fsp3) is 0.479. The summed E-state index contributed by atoms with van der Waals surface area (Å²) in [4.78, 5) is 16.4. The third-order valence-corrected chi connectivity index (χ3v) is 16.4. The number of nitrogens with one attached hydrogen (secondary N) is 2. The number of unbranched alkanes of at least 4 members (excludes halogenated alkanes) is 1. The Hall–Kier alpha value is -4.30. The molecule has 11 nitrogen and oxygen atoms in total. The largest absolute Gasteiger partial charge is 0.392 e. The number of hydrogen-bond acceptors (Lipinski definition) is 9. The molecule has 2 saturated heterocycles. The Kier molecular flexibility index (Phi) is 10.6. The predicted octanol–water partition coefficient (Wildman–Crippen LogP) is 7.42. The van der Waals surface area contributed by atoms with Crippen molar-refractivity contribution in [1.29, 1.82) is 0 Å². The lowest BCUT2D eigenvalue weighted by Crippen LogP contribution is -2.77. The Morgan fingerprint density at radius 2 is 1.63 bits per heavy atom. The number of sulfone groups is 1. The number of urea groups is 1. The van der Waals surface area contributed by atoms with Gasteiger partial charge >= 0.3 is 6.03 Å². The summed E-state index contributed by atoms with van der Waals surface area (Å²) in [5, 5.41) is 18.9. The summed E-state index contributed by atoms with van der Waals surface area (Å²) in [6.45, 7) is 5.70. The van der Waals surface area contributed by atoms with Crippen molar-refractivity contribution in [2.24, 2.45) is 17.3 Å². The van der Waals surface area contributed by atoms with Gasteiger partial charge < -0.3 is 39.6 Å². The van der Waals surface area contributed by atoms with Crippen molar-refractivity contribution in [1.82, 2.24) is 5.32 Å². The van der Waals surface area contributed by atoms with Crippen LogP contribution in [0.4, 0.5) is 16.2 Å². The third kappa shape index (κ3) is 6.57. The van der Waals surface area contributed by atoms with E-state index < -0.39 is 63.1 Å². The lowest BCUT2D eigenvalue weighted by atomic mass is 9.58. The molecular weight excluding hydrogens is 779 g/mol. The molecule has 0 radical (unpaired) electrons. The van der Waals surface area contributed by atoms with E-state index in [9.17, 15) is 18.3 Å². The second-order valence-corrected chi connectivity index (χ2v) is 19.9. The number of ether oxygens (including phenoxy) is 4. The van der Waals surface area contributed by atoms with Crippen molar-refractivity contribution < 1.29 is 37.3 Å². The van der Waals surface area contributed by atoms with E-state index in [-0.39, 0.29) is 28.6 Å². The lowest BCUT2D eigenvalue weighted by Gasteiger charge is -2.56. The standard InChI is InChI=1S/C48H57N3O8S/c1-6-8-24-46(7-2)29-60(54,55)37-23-22-35(51(4)5)26-36(37)38(41(46)52)33-20-15-21-34(25-33)49-44(53)50-39-40-47(27-31-16-11-9-12-17-31,56-28-32-18-13-10-14-19-32)42-30(3)48(40)43(39)58-45(57-42)59-48/h9-23,25-26,30,38-43,45,52H,6-8,24,27-29H2,1-5H3,(H2,49,50,53)/t30?,38-,39?,40?,41-,42?,43?,45?,46-,47?,48?/m1/s1. The van der Waals surface area contributed by atoms with Gasteiger partial charge in [-0.3, -0.25) is 0 Å². The molecule has 4 aromatic carbocycles. The van der Waals surface area contributed by atoms with Crippen LogP contribution in [0, 0.1) is 17.3 Å². The molecule has 8 unspecified atom stereocenters. The lowest BCUT2D eigenvalue weighted by molar-refractivity contribution is -0.316. The highest BCUT2D eigenvalue weighted by Crippen LogP contribution is 2.70. The van der Waals surface area contributed by atoms with Crippen LogP contribution < -0.4 is 15.5 Å². The van der Waals surface area contributed by atoms with Crippen molar-refractivity contribution in [3.63, 3.8) is 0 Å². The van der Waals surface area contributed by atoms with Crippen LogP contribution in [0.1, 0.15) is 74.6 Å². The van der Waals surface area contributed by atoms with Gasteiger partial charge in [0.25, 0.3) is 6.48 Å². The molecule has 2 amide bonds. The highest BCUT2D eigenvalue weighted by Gasteiger charge is 2.86. The normalized spacial score (nSPS) is 34.2. The van der Waals surface area contributed by atoms with E-state index in [2.05, 4.69) is 36.6 Å². The SMILES string of the molecule is CCCC[C@]1(CC)CS(=O)(=O)c2ccc(N(C)C)cc2[C@@H](c2cccc(NC(=O)NC3C4OC5OC6C(C)C4(O5)C3C6(Cc3ccccc3)OCc3ccccc3)c2)[C@H]1O. The molecule has 318 valence electrons. The maximum Gasteiger partial charge on any atom is 0.319 e. The Balaban J connectivity index is 1.04. The second kappa shape index (κ2) is 15.6. The van der Waals surface area contributed by atoms with Crippen molar-refractivity contribution >= 4 is 27.2 Å². The van der Waals surface area contributed by atoms with Gasteiger partial charge in [0.15, 0.2) is 9.84 Å². The first-order chi connectivity index (χ1) is 28.9. The molecule has 2 aliphatic carbocycles. The van der Waals surface area contributed by atoms with Crippen LogP contribution in [0.15, 0.2) is 108 Å². The number of nitrogens with zero attached hydrogens (tertiary/aromatic N) is 1. The number of aliphatic hydroxyl groups excluding tert-OH is 1. The third-order valence-electron chi connectivity index (χ3n) is 14.4. The molecule has 2 saturated carbocycles. The van der Waals surface area contributed by atoms with E-state index >= 15 is 0 Å². The minimum Gasteiger partial charge on any atom is -0.392 e. The first-order valence-corrected chi connectivity index (χ1v) is 23.1. The average Bonchev–Trinajstić information content (AvgIpc) is 3.52. The van der Waals surface area contributed by atoms with Gasteiger partial charge in [0, 0.05) is 55.1 Å². The quantitative estimate of drug-likeness (QED) is 0.126. The van der Waals surface area contributed by atoms with Crippen molar-refractivity contribution in [2.45, 2.75) is 112 Å². The van der Waals surface area contributed by atoms with Crippen LogP contribution in [0.2, 0.25) is 0 Å². The number of hydrogen-bond donors (Lipinski definition) is 3. The molecule has 3 heterocycles. The van der Waals surface area contributed by atoms with Crippen LogP contribution in [-0.4, -0.2) is 81.4 Å². The van der Waals surface area contributed by atoms with Gasteiger partial charge in [-0.1, -0.05) is 106 Å². The number of rotatable bonds is 13. The Bertz CT molecular complexity index is 2330. The summed E-state index contributed by atoms with van der Waals surface area (Å²) >= 11 is 0. The molecule has 5 aliphatic rings. The van der Waals surface area contributed by atoms with Gasteiger partial charge in [0.05, 0.1) is 35.5 Å². The first-order valence-electron chi connectivity index (χ1n) is 21.5. The number of amides is 2. The average molecular weight is 836 g/mol. The molecule has 3 N–H and O–H groups in total. The Labute approximate surface area is 353 Å². The summed E-state index contributed by atoms with van der Waals surface area (Å²) in [5.74, 6) is -1.16. The zero-order valence-electron chi connectivity index (χ0n) is 35.0. The van der Waals surface area contributed by atoms with E-state index in [0.29, 0.717) is 37.1 Å². The van der Waals surface area contributed by atoms with E-state index in [1.807, 2.05) is 111 Å². The fourth-order valence-electron chi connectivity index (χ4n) is 11.5. The van der Waals surface area contributed by atoms with Crippen molar-refractivity contribution in [2.75, 3.05) is 30.1 Å². The van der Waals surface area contributed by atoms with Gasteiger partial charge in [-0.2, -0.15) is 0 Å². The molecule has 60 heavy (non-hydrogen) atoms. The van der Waals surface area contributed by atoms with Gasteiger partial charge in [-0.25, -0.2) is 13.2 Å². The summed E-state index contributed by atoms with van der Waals surface area (Å²) in [7, 11) is 0.0751. The minimum absolute atomic E-state index is 0.0678. The molecule has 4 fully saturated rings. The number of benzene rings is 4. The van der Waals surface area contributed by atoms with E-state index in [0.717, 1.165) is 35.2 Å². The maximum atomic E-state index is 14.3. The highest BCUT2D eigenvalue weighted by atomic mass is 32.2. The van der Waals surface area contributed by atoms with Crippen LogP contribution in [0.5, 0.6) is 0 Å². The zero-order valence-corrected chi connectivity index (χ0v) is 35.9. The smallest absolute Gasteiger partial charge is 0.319 e. The van der Waals surface area contributed by atoms with Gasteiger partial charge in [0.2, 0.25) is 0 Å². The molecule has 3 bridgehead atoms. The van der Waals surface area contributed by atoms with Gasteiger partial charge in [-0.05, 0) is 65.4 Å². The molecular formula is C48H57N3O8S. The molecule has 4 aromatic rings. The number of aliphatic hydroxyl groups is 1. The van der Waals surface area contributed by atoms with E-state index in [1.165, 1.54) is 0 Å². The monoisotopic (exact) mass is 835 g/mol. The molecule has 9 rings (SSSR count). The number of fused-ring (bicyclic) bond motifs is 3.